The molecule has 210 valence electrons. The van der Waals surface area contributed by atoms with Gasteiger partial charge >= 0.3 is 21.7 Å². The third-order valence-corrected chi connectivity index (χ3v) is 12.5. The van der Waals surface area contributed by atoms with E-state index in [2.05, 4.69) is 139 Å². The van der Waals surface area contributed by atoms with Gasteiger partial charge in [-0.25, -0.2) is 10.8 Å². The predicted octanol–water partition coefficient (Wildman–Crippen LogP) is -2.14. The van der Waals surface area contributed by atoms with Crippen molar-refractivity contribution in [2.75, 3.05) is 0 Å². The fraction of sp³-hybridized carbons (Fsp3) is 0.222. The Morgan fingerprint density at radius 2 is 0.927 bits per heavy atom. The quantitative estimate of drug-likeness (QED) is 0.127. The van der Waals surface area contributed by atoms with Crippen LogP contribution < -0.4 is 52.8 Å². The first-order chi connectivity index (χ1) is 17.8. The minimum absolute atomic E-state index is 0. The molecule has 0 spiro atoms. The monoisotopic (exact) mass is 650 g/mol. The number of hydrogen-bond donors (Lipinski definition) is 0. The Morgan fingerprint density at radius 3 is 1.29 bits per heavy atom. The van der Waals surface area contributed by atoms with Gasteiger partial charge in [-0.3, -0.25) is 6.08 Å². The van der Waals surface area contributed by atoms with Crippen LogP contribution in [0.15, 0.2) is 102 Å². The molecule has 5 heteroatoms. The van der Waals surface area contributed by atoms with Gasteiger partial charge in [-0.05, 0) is 53.5 Å². The van der Waals surface area contributed by atoms with E-state index >= 15 is 0 Å². The smallest absolute Gasteiger partial charge is 1.00 e. The van der Waals surface area contributed by atoms with E-state index in [-0.39, 0.29) is 58.9 Å². The van der Waals surface area contributed by atoms with Crippen molar-refractivity contribution in [1.82, 2.24) is 0 Å². The maximum atomic E-state index is 3.75. The second-order valence-corrected chi connectivity index (χ2v) is 14.9. The molecule has 0 fully saturated rings. The van der Waals surface area contributed by atoms with E-state index in [1.165, 1.54) is 60.1 Å². The molecule has 0 amide bonds. The fourth-order valence-corrected chi connectivity index (χ4v) is 12.2. The molecule has 0 bridgehead atoms. The minimum Gasteiger partial charge on any atom is -1.00 e. The van der Waals surface area contributed by atoms with Crippen molar-refractivity contribution < 1.29 is 58.9 Å². The zero-order valence-corrected chi connectivity index (χ0v) is 29.5. The van der Waals surface area contributed by atoms with Crippen LogP contribution in [0.1, 0.15) is 45.4 Å². The summed E-state index contributed by atoms with van der Waals surface area (Å²) in [6, 6.07) is 32.7. The maximum Gasteiger partial charge on any atom is 4.00 e. The average molecular weight is 652 g/mol. The molecule has 41 heavy (non-hydrogen) atoms. The molecule has 5 rings (SSSR count). The molecule has 0 nitrogen and oxygen atoms in total. The van der Waals surface area contributed by atoms with E-state index in [4.69, 9.17) is 0 Å². The van der Waals surface area contributed by atoms with Crippen LogP contribution in [0.3, 0.4) is 0 Å². The van der Waals surface area contributed by atoms with Gasteiger partial charge in [-0.15, -0.1) is 0 Å². The molecule has 0 N–H and O–H groups in total. The van der Waals surface area contributed by atoms with Crippen LogP contribution in [0.25, 0.3) is 0 Å². The summed E-state index contributed by atoms with van der Waals surface area (Å²) in [5, 5.41) is 6.03. The number of halogens is 3. The van der Waals surface area contributed by atoms with E-state index < -0.39 is 8.07 Å². The van der Waals surface area contributed by atoms with Crippen LogP contribution in [0, 0.1) is 47.6 Å². The molecule has 0 heterocycles. The summed E-state index contributed by atoms with van der Waals surface area (Å²) >= 11 is 0. The number of allylic oxidation sites excluding steroid dienone is 4. The molecular formula is C36H37Cl3SiTi. The van der Waals surface area contributed by atoms with Crippen molar-refractivity contribution in [3.8, 4) is 0 Å². The Labute approximate surface area is 281 Å². The van der Waals surface area contributed by atoms with E-state index in [9.17, 15) is 0 Å². The summed E-state index contributed by atoms with van der Waals surface area (Å²) in [5.41, 5.74) is 10.7. The van der Waals surface area contributed by atoms with Gasteiger partial charge in [-0.2, -0.15) is 6.08 Å². The van der Waals surface area contributed by atoms with Gasteiger partial charge in [0.25, 0.3) is 0 Å². The summed E-state index contributed by atoms with van der Waals surface area (Å²) < 4.78 is 0. The zero-order chi connectivity index (χ0) is 26.2. The normalized spacial score (nSPS) is 12.1. The van der Waals surface area contributed by atoms with Gasteiger partial charge in [0.15, 0.2) is 0 Å². The summed E-state index contributed by atoms with van der Waals surface area (Å²) in [4.78, 5) is 0. The minimum atomic E-state index is -2.61. The van der Waals surface area contributed by atoms with Crippen molar-refractivity contribution in [3.63, 3.8) is 0 Å². The number of benzene rings is 4. The number of rotatable bonds is 6. The number of hydrogen-bond acceptors (Lipinski definition) is 0. The molecular weight excluding hydrogens is 615 g/mol. The van der Waals surface area contributed by atoms with Gasteiger partial charge in [0.2, 0.25) is 0 Å². The molecule has 0 saturated heterocycles. The van der Waals surface area contributed by atoms with Crippen molar-refractivity contribution in [1.29, 1.82) is 0 Å². The van der Waals surface area contributed by atoms with Gasteiger partial charge in [0.1, 0.15) is 0 Å². The molecule has 0 saturated carbocycles. The van der Waals surface area contributed by atoms with Gasteiger partial charge in [0.05, 0.1) is 8.07 Å². The van der Waals surface area contributed by atoms with Crippen LogP contribution in [-0.2, 0) is 28.1 Å². The largest absolute Gasteiger partial charge is 4.00 e. The second kappa shape index (κ2) is 15.6. The topological polar surface area (TPSA) is 0 Å². The molecule has 4 aromatic rings. The molecule has 0 unspecified atom stereocenters. The standard InChI is InChI=1S/C36H37Si.3ClH.Ti/c1-25-15-26(2)19-33(18-25)37(34-20-27(3)16-28(4)21-34,35-22-29(5)17-30(6)23-35)36-14-10-13-32(36)24-31-11-8-7-9-12-31;;;;/h7-12,15-23H,14,24H2,1-6H3;3*1H;/q-1;;;;+4/p-3. The zero-order valence-electron chi connectivity index (χ0n) is 24.7. The second-order valence-electron chi connectivity index (χ2n) is 11.1. The number of aryl methyl sites for hydroxylation is 6. The summed E-state index contributed by atoms with van der Waals surface area (Å²) in [6.07, 6.45) is 7.91. The molecule has 0 atom stereocenters. The van der Waals surface area contributed by atoms with Gasteiger partial charge in [0, 0.05) is 0 Å². The van der Waals surface area contributed by atoms with Gasteiger partial charge < -0.3 is 37.2 Å². The van der Waals surface area contributed by atoms with E-state index in [1.54, 1.807) is 5.20 Å². The summed E-state index contributed by atoms with van der Waals surface area (Å²) in [7, 11) is -2.61. The summed E-state index contributed by atoms with van der Waals surface area (Å²) in [5.74, 6) is 0. The van der Waals surface area contributed by atoms with E-state index in [0.717, 1.165) is 12.8 Å². The molecule has 1 aliphatic carbocycles. The first-order valence-electron chi connectivity index (χ1n) is 13.4. The van der Waals surface area contributed by atoms with Crippen LogP contribution in [0.4, 0.5) is 0 Å². The van der Waals surface area contributed by atoms with Crippen LogP contribution >= 0.6 is 0 Å². The first kappa shape index (κ1) is 37.2. The fourth-order valence-electron chi connectivity index (χ4n) is 6.42. The third-order valence-electron chi connectivity index (χ3n) is 7.59. The molecule has 0 aliphatic heterocycles. The third kappa shape index (κ3) is 7.77. The molecule has 1 aliphatic rings. The van der Waals surface area contributed by atoms with Crippen molar-refractivity contribution in [2.24, 2.45) is 0 Å². The maximum absolute atomic E-state index is 3.75. The van der Waals surface area contributed by atoms with Crippen molar-refractivity contribution in [3.05, 3.63) is 147 Å². The molecule has 0 radical (unpaired) electrons. The van der Waals surface area contributed by atoms with Crippen LogP contribution in [0.2, 0.25) is 0 Å². The Kier molecular flexibility index (Phi) is 14.1. The van der Waals surface area contributed by atoms with Crippen molar-refractivity contribution in [2.45, 2.75) is 54.4 Å². The SMILES string of the molecule is Cc1cc(C)cc([Si](C2=C(Cc3ccccc3)[C-]=CC2)(c2cc(C)cc(C)c2)c2cc(C)cc(C)c2)c1.[Cl-].[Cl-].[Cl-].[Ti+4]. The summed E-state index contributed by atoms with van der Waals surface area (Å²) in [6.45, 7) is 13.5. The van der Waals surface area contributed by atoms with E-state index in [1.807, 2.05) is 0 Å². The molecule has 0 aromatic heterocycles. The average Bonchev–Trinajstić information content (AvgIpc) is 3.27. The van der Waals surface area contributed by atoms with Gasteiger partial charge in [-0.1, -0.05) is 140 Å². The Hall–Kier alpha value is -1.84. The van der Waals surface area contributed by atoms with E-state index in [0.29, 0.717) is 0 Å². The molecule has 4 aromatic carbocycles. The predicted molar refractivity (Wildman–Crippen MR) is 162 cm³/mol. The first-order valence-corrected chi connectivity index (χ1v) is 15.4. The van der Waals surface area contributed by atoms with Crippen LogP contribution in [-0.4, -0.2) is 8.07 Å². The Balaban J connectivity index is 0.00000210. The van der Waals surface area contributed by atoms with Crippen molar-refractivity contribution >= 4 is 23.6 Å². The van der Waals surface area contributed by atoms with Crippen LogP contribution in [0.5, 0.6) is 0 Å². The Bertz CT molecular complexity index is 1350. The Morgan fingerprint density at radius 1 is 0.561 bits per heavy atom.